The van der Waals surface area contributed by atoms with Crippen LogP contribution in [0.25, 0.3) is 0 Å². The van der Waals surface area contributed by atoms with Gasteiger partial charge < -0.3 is 5.32 Å². The molecule has 0 spiro atoms. The number of hydrogen-bond donors (Lipinski definition) is 1. The number of benzene rings is 2. The zero-order valence-electron chi connectivity index (χ0n) is 11.7. The van der Waals surface area contributed by atoms with Crippen molar-refractivity contribution in [3.63, 3.8) is 0 Å². The molecule has 0 aliphatic carbocycles. The Morgan fingerprint density at radius 1 is 1.00 bits per heavy atom. The first kappa shape index (κ1) is 14.7. The molecule has 0 bridgehead atoms. The third kappa shape index (κ3) is 3.64. The number of hydrogen-bond acceptors (Lipinski definition) is 1. The molecular formula is C17H19F2N. The highest BCUT2D eigenvalue weighted by Gasteiger charge is 2.31. The summed E-state index contributed by atoms with van der Waals surface area (Å²) < 4.78 is 28.1. The molecule has 3 heteroatoms. The lowest BCUT2D eigenvalue weighted by molar-refractivity contribution is -0.00534. The highest BCUT2D eigenvalue weighted by Crippen LogP contribution is 2.27. The lowest BCUT2D eigenvalue weighted by Crippen LogP contribution is -2.32. The average molecular weight is 275 g/mol. The molecular weight excluding hydrogens is 256 g/mol. The first-order chi connectivity index (χ1) is 9.49. The molecule has 106 valence electrons. The summed E-state index contributed by atoms with van der Waals surface area (Å²) >= 11 is 0. The molecule has 0 unspecified atom stereocenters. The Morgan fingerprint density at radius 2 is 1.60 bits per heavy atom. The molecule has 0 radical (unpaired) electrons. The second-order valence-electron chi connectivity index (χ2n) is 5.08. The van der Waals surface area contributed by atoms with Gasteiger partial charge in [0.2, 0.25) is 0 Å². The summed E-state index contributed by atoms with van der Waals surface area (Å²) in [6.07, 6.45) is 0. The molecule has 0 aliphatic rings. The fraction of sp³-hybridized carbons (Fsp3) is 0.294. The molecule has 0 saturated heterocycles. The van der Waals surface area contributed by atoms with Crippen molar-refractivity contribution in [2.45, 2.75) is 25.8 Å². The predicted octanol–water partition coefficient (Wildman–Crippen LogP) is 4.44. The van der Waals surface area contributed by atoms with Gasteiger partial charge in [-0.1, -0.05) is 60.2 Å². The van der Waals surface area contributed by atoms with E-state index < -0.39 is 5.92 Å². The molecule has 2 aromatic rings. The first-order valence-electron chi connectivity index (χ1n) is 6.72. The first-order valence-corrected chi connectivity index (χ1v) is 6.72. The Bertz CT molecular complexity index is 535. The fourth-order valence-electron chi connectivity index (χ4n) is 2.04. The highest BCUT2D eigenvalue weighted by atomic mass is 19.3. The van der Waals surface area contributed by atoms with Crippen molar-refractivity contribution < 1.29 is 8.78 Å². The molecule has 0 amide bonds. The molecule has 20 heavy (non-hydrogen) atoms. The number of halogens is 2. The van der Waals surface area contributed by atoms with Crippen molar-refractivity contribution >= 4 is 0 Å². The van der Waals surface area contributed by atoms with Gasteiger partial charge in [0.25, 0.3) is 5.92 Å². The van der Waals surface area contributed by atoms with Crippen LogP contribution in [0.15, 0.2) is 54.6 Å². The van der Waals surface area contributed by atoms with Crippen molar-refractivity contribution in [2.24, 2.45) is 0 Å². The smallest absolute Gasteiger partial charge is 0.285 e. The maximum Gasteiger partial charge on any atom is 0.285 e. The second-order valence-corrected chi connectivity index (χ2v) is 5.08. The Labute approximate surface area is 118 Å². The minimum Gasteiger partial charge on any atom is -0.304 e. The van der Waals surface area contributed by atoms with E-state index in [1.165, 1.54) is 12.1 Å². The van der Waals surface area contributed by atoms with Crippen LogP contribution in [0.5, 0.6) is 0 Å². The van der Waals surface area contributed by atoms with Crippen LogP contribution in [0, 0.1) is 6.92 Å². The van der Waals surface area contributed by atoms with Crippen LogP contribution in [0.2, 0.25) is 0 Å². The topological polar surface area (TPSA) is 12.0 Å². The molecule has 0 aromatic heterocycles. The summed E-state index contributed by atoms with van der Waals surface area (Å²) in [6, 6.07) is 15.7. The number of aryl methyl sites for hydroxylation is 1. The number of nitrogens with one attached hydrogen (secondary N) is 1. The summed E-state index contributed by atoms with van der Waals surface area (Å²) in [5.74, 6) is -2.86. The maximum atomic E-state index is 14.0. The average Bonchev–Trinajstić information content (AvgIpc) is 2.46. The minimum absolute atomic E-state index is 0.0450. The van der Waals surface area contributed by atoms with Gasteiger partial charge in [0.05, 0.1) is 6.54 Å². The molecule has 1 nitrogen and oxygen atoms in total. The minimum atomic E-state index is -2.86. The summed E-state index contributed by atoms with van der Waals surface area (Å²) in [7, 11) is 0. The summed E-state index contributed by atoms with van der Waals surface area (Å²) in [5.41, 5.74) is 2.22. The largest absolute Gasteiger partial charge is 0.304 e. The summed E-state index contributed by atoms with van der Waals surface area (Å²) in [4.78, 5) is 0. The molecule has 1 atom stereocenters. The van der Waals surface area contributed by atoms with Gasteiger partial charge in [-0.05, 0) is 19.4 Å². The van der Waals surface area contributed by atoms with E-state index in [0.29, 0.717) is 0 Å². The van der Waals surface area contributed by atoms with Crippen LogP contribution in [-0.4, -0.2) is 6.54 Å². The second kappa shape index (κ2) is 6.14. The van der Waals surface area contributed by atoms with E-state index in [4.69, 9.17) is 0 Å². The van der Waals surface area contributed by atoms with Crippen LogP contribution >= 0.6 is 0 Å². The van der Waals surface area contributed by atoms with Gasteiger partial charge in [0.1, 0.15) is 0 Å². The molecule has 1 N–H and O–H groups in total. The van der Waals surface area contributed by atoms with Gasteiger partial charge in [0.15, 0.2) is 0 Å². The molecule has 2 aromatic carbocycles. The molecule has 0 saturated carbocycles. The normalized spacial score (nSPS) is 13.2. The molecule has 2 rings (SSSR count). The van der Waals surface area contributed by atoms with Crippen LogP contribution < -0.4 is 5.32 Å². The summed E-state index contributed by atoms with van der Waals surface area (Å²) in [5, 5.41) is 2.91. The van der Waals surface area contributed by atoms with Crippen LogP contribution in [-0.2, 0) is 5.92 Å². The summed E-state index contributed by atoms with van der Waals surface area (Å²) in [6.45, 7) is 3.53. The van der Waals surface area contributed by atoms with E-state index in [0.717, 1.165) is 11.1 Å². The van der Waals surface area contributed by atoms with Gasteiger partial charge in [-0.3, -0.25) is 0 Å². The van der Waals surface area contributed by atoms with Gasteiger partial charge >= 0.3 is 0 Å². The number of rotatable bonds is 5. The fourth-order valence-corrected chi connectivity index (χ4v) is 2.04. The Hall–Kier alpha value is -1.74. The lowest BCUT2D eigenvalue weighted by Gasteiger charge is -2.21. The number of alkyl halides is 2. The van der Waals surface area contributed by atoms with E-state index in [2.05, 4.69) is 5.32 Å². The van der Waals surface area contributed by atoms with Crippen molar-refractivity contribution in [1.29, 1.82) is 0 Å². The Morgan fingerprint density at radius 3 is 2.20 bits per heavy atom. The molecule has 0 heterocycles. The monoisotopic (exact) mass is 275 g/mol. The van der Waals surface area contributed by atoms with Crippen molar-refractivity contribution in [3.05, 3.63) is 71.3 Å². The van der Waals surface area contributed by atoms with Crippen LogP contribution in [0.4, 0.5) is 8.78 Å². The van der Waals surface area contributed by atoms with E-state index in [9.17, 15) is 8.78 Å². The van der Waals surface area contributed by atoms with Crippen molar-refractivity contribution in [1.82, 2.24) is 5.32 Å². The third-order valence-electron chi connectivity index (χ3n) is 3.40. The Balaban J connectivity index is 1.99. The zero-order chi connectivity index (χ0) is 14.6. The highest BCUT2D eigenvalue weighted by molar-refractivity contribution is 5.24. The van der Waals surface area contributed by atoms with Crippen molar-refractivity contribution in [2.75, 3.05) is 6.54 Å². The quantitative estimate of drug-likeness (QED) is 0.850. The zero-order valence-corrected chi connectivity index (χ0v) is 11.7. The standard InChI is InChI=1S/C17H19F2N/c1-13-8-10-15(11-9-13)14(2)20-12-17(18,19)16-6-4-3-5-7-16/h3-11,14,20H,12H2,1-2H3/t14-/m0/s1. The third-order valence-corrected chi connectivity index (χ3v) is 3.40. The van der Waals surface area contributed by atoms with Gasteiger partial charge in [-0.25, -0.2) is 0 Å². The van der Waals surface area contributed by atoms with Gasteiger partial charge in [0, 0.05) is 11.6 Å². The lowest BCUT2D eigenvalue weighted by atomic mass is 10.1. The Kier molecular flexibility index (Phi) is 4.50. The predicted molar refractivity (Wildman–Crippen MR) is 77.9 cm³/mol. The molecule has 0 fully saturated rings. The maximum absolute atomic E-state index is 14.0. The van der Waals surface area contributed by atoms with E-state index in [1.54, 1.807) is 18.2 Å². The van der Waals surface area contributed by atoms with Crippen molar-refractivity contribution in [3.8, 4) is 0 Å². The van der Waals surface area contributed by atoms with E-state index in [-0.39, 0.29) is 18.2 Å². The van der Waals surface area contributed by atoms with Crippen LogP contribution in [0.1, 0.15) is 29.7 Å². The van der Waals surface area contributed by atoms with Gasteiger partial charge in [-0.15, -0.1) is 0 Å². The van der Waals surface area contributed by atoms with Crippen LogP contribution in [0.3, 0.4) is 0 Å². The molecule has 0 aliphatic heterocycles. The van der Waals surface area contributed by atoms with E-state index >= 15 is 0 Å². The van der Waals surface area contributed by atoms with E-state index in [1.807, 2.05) is 38.1 Å². The SMILES string of the molecule is Cc1ccc([C@H](C)NCC(F)(F)c2ccccc2)cc1. The van der Waals surface area contributed by atoms with Gasteiger partial charge in [-0.2, -0.15) is 8.78 Å².